The molecular formula is C14H18N4O4. The second-order valence-corrected chi connectivity index (χ2v) is 4.42. The Morgan fingerprint density at radius 2 is 2.05 bits per heavy atom. The number of hydrogen-bond acceptors (Lipinski definition) is 7. The van der Waals surface area contributed by atoms with Gasteiger partial charge in [-0.05, 0) is 29.0 Å². The Morgan fingerprint density at radius 3 is 2.77 bits per heavy atom. The zero-order chi connectivity index (χ0) is 15.8. The van der Waals surface area contributed by atoms with Crippen molar-refractivity contribution < 1.29 is 19.0 Å². The summed E-state index contributed by atoms with van der Waals surface area (Å²) in [5.41, 5.74) is 0. The van der Waals surface area contributed by atoms with Gasteiger partial charge in [-0.15, -0.1) is 5.10 Å². The quantitative estimate of drug-likeness (QED) is 0.677. The fourth-order valence-electron chi connectivity index (χ4n) is 1.77. The van der Waals surface area contributed by atoms with E-state index in [1.54, 1.807) is 22.9 Å². The van der Waals surface area contributed by atoms with Gasteiger partial charge >= 0.3 is 5.97 Å². The number of para-hydroxylation sites is 2. The number of esters is 1. The summed E-state index contributed by atoms with van der Waals surface area (Å²) >= 11 is 0. The largest absolute Gasteiger partial charge is 0.493 e. The SMILES string of the molecule is CCCn1nnnc1COC(=O)COc1ccccc1OC. The van der Waals surface area contributed by atoms with Crippen LogP contribution in [0, 0.1) is 0 Å². The van der Waals surface area contributed by atoms with Gasteiger partial charge in [0.2, 0.25) is 0 Å². The lowest BCUT2D eigenvalue weighted by molar-refractivity contribution is -0.147. The summed E-state index contributed by atoms with van der Waals surface area (Å²) in [4.78, 5) is 11.7. The molecule has 0 aliphatic carbocycles. The second-order valence-electron chi connectivity index (χ2n) is 4.42. The number of methoxy groups -OCH3 is 1. The average Bonchev–Trinajstić information content (AvgIpc) is 2.99. The van der Waals surface area contributed by atoms with Crippen LogP contribution >= 0.6 is 0 Å². The minimum atomic E-state index is -0.503. The van der Waals surface area contributed by atoms with Gasteiger partial charge in [0.15, 0.2) is 30.5 Å². The summed E-state index contributed by atoms with van der Waals surface area (Å²) in [7, 11) is 1.54. The lowest BCUT2D eigenvalue weighted by Crippen LogP contribution is -2.17. The third kappa shape index (κ3) is 4.18. The Bertz CT molecular complexity index is 614. The predicted octanol–water partition coefficient (Wildman–Crippen LogP) is 1.21. The Morgan fingerprint density at radius 1 is 1.27 bits per heavy atom. The maximum absolute atomic E-state index is 11.7. The maximum atomic E-state index is 11.7. The van der Waals surface area contributed by atoms with Gasteiger partial charge < -0.3 is 14.2 Å². The number of aryl methyl sites for hydroxylation is 1. The standard InChI is InChI=1S/C14H18N4O4/c1-3-8-18-13(15-16-17-18)9-22-14(19)10-21-12-7-5-4-6-11(12)20-2/h4-7H,3,8-10H2,1-2H3. The van der Waals surface area contributed by atoms with Gasteiger partial charge in [-0.1, -0.05) is 19.1 Å². The van der Waals surface area contributed by atoms with Gasteiger partial charge in [0.05, 0.1) is 7.11 Å². The molecule has 0 saturated heterocycles. The van der Waals surface area contributed by atoms with Crippen molar-refractivity contribution in [3.8, 4) is 11.5 Å². The van der Waals surface area contributed by atoms with Crippen molar-refractivity contribution in [2.24, 2.45) is 0 Å². The summed E-state index contributed by atoms with van der Waals surface area (Å²) in [6.07, 6.45) is 0.892. The number of ether oxygens (including phenoxy) is 3. The molecule has 0 fully saturated rings. The van der Waals surface area contributed by atoms with Gasteiger partial charge in [0.1, 0.15) is 0 Å². The molecule has 1 aromatic carbocycles. The zero-order valence-electron chi connectivity index (χ0n) is 12.6. The number of aromatic nitrogens is 4. The van der Waals surface area contributed by atoms with Crippen LogP contribution in [-0.4, -0.2) is 39.9 Å². The number of nitrogens with zero attached hydrogens (tertiary/aromatic N) is 4. The highest BCUT2D eigenvalue weighted by Gasteiger charge is 2.11. The third-order valence-corrected chi connectivity index (χ3v) is 2.82. The van der Waals surface area contributed by atoms with Crippen molar-refractivity contribution in [3.05, 3.63) is 30.1 Å². The van der Waals surface area contributed by atoms with Gasteiger partial charge in [-0.25, -0.2) is 9.48 Å². The molecule has 8 nitrogen and oxygen atoms in total. The van der Waals surface area contributed by atoms with Crippen molar-refractivity contribution in [2.75, 3.05) is 13.7 Å². The zero-order valence-corrected chi connectivity index (χ0v) is 12.6. The van der Waals surface area contributed by atoms with Crippen molar-refractivity contribution in [1.29, 1.82) is 0 Å². The fourth-order valence-corrected chi connectivity index (χ4v) is 1.77. The van der Waals surface area contributed by atoms with Crippen molar-refractivity contribution >= 4 is 5.97 Å². The molecule has 0 unspecified atom stereocenters. The van der Waals surface area contributed by atoms with Crippen LogP contribution in [0.4, 0.5) is 0 Å². The normalized spacial score (nSPS) is 10.3. The van der Waals surface area contributed by atoms with Crippen LogP contribution in [-0.2, 0) is 22.7 Å². The highest BCUT2D eigenvalue weighted by Crippen LogP contribution is 2.25. The molecule has 2 rings (SSSR count). The van der Waals surface area contributed by atoms with E-state index in [9.17, 15) is 4.79 Å². The van der Waals surface area contributed by atoms with Crippen molar-refractivity contribution in [2.45, 2.75) is 26.5 Å². The average molecular weight is 306 g/mol. The van der Waals surface area contributed by atoms with E-state index in [-0.39, 0.29) is 13.2 Å². The van der Waals surface area contributed by atoms with E-state index in [1.807, 2.05) is 13.0 Å². The van der Waals surface area contributed by atoms with Crippen LogP contribution in [0.5, 0.6) is 11.5 Å². The van der Waals surface area contributed by atoms with Crippen LogP contribution in [0.15, 0.2) is 24.3 Å². The summed E-state index contributed by atoms with van der Waals surface area (Å²) in [6, 6.07) is 7.08. The number of carbonyl (C=O) groups excluding carboxylic acids is 1. The minimum absolute atomic E-state index is 0.0150. The highest BCUT2D eigenvalue weighted by molar-refractivity contribution is 5.71. The Labute approximate surface area is 128 Å². The molecule has 8 heteroatoms. The van der Waals surface area contributed by atoms with E-state index in [4.69, 9.17) is 14.2 Å². The van der Waals surface area contributed by atoms with E-state index in [1.165, 1.54) is 7.11 Å². The molecular weight excluding hydrogens is 288 g/mol. The molecule has 0 radical (unpaired) electrons. The van der Waals surface area contributed by atoms with Crippen LogP contribution < -0.4 is 9.47 Å². The first-order chi connectivity index (χ1) is 10.7. The third-order valence-electron chi connectivity index (χ3n) is 2.82. The Balaban J connectivity index is 1.82. The van der Waals surface area contributed by atoms with Crippen molar-refractivity contribution in [1.82, 2.24) is 20.2 Å². The minimum Gasteiger partial charge on any atom is -0.493 e. The van der Waals surface area contributed by atoms with Crippen molar-refractivity contribution in [3.63, 3.8) is 0 Å². The van der Waals surface area contributed by atoms with Gasteiger partial charge in [-0.2, -0.15) is 0 Å². The molecule has 22 heavy (non-hydrogen) atoms. The molecule has 0 aliphatic heterocycles. The lowest BCUT2D eigenvalue weighted by atomic mass is 10.3. The molecule has 0 spiro atoms. The first-order valence-electron chi connectivity index (χ1n) is 6.91. The van der Waals surface area contributed by atoms with E-state index < -0.39 is 5.97 Å². The predicted molar refractivity (Wildman–Crippen MR) is 76.4 cm³/mol. The van der Waals surface area contributed by atoms with Crippen LogP contribution in [0.2, 0.25) is 0 Å². The van der Waals surface area contributed by atoms with E-state index in [0.717, 1.165) is 6.42 Å². The molecule has 0 N–H and O–H groups in total. The smallest absolute Gasteiger partial charge is 0.344 e. The van der Waals surface area contributed by atoms with Crippen LogP contribution in [0.3, 0.4) is 0 Å². The highest BCUT2D eigenvalue weighted by atomic mass is 16.6. The van der Waals surface area contributed by atoms with Gasteiger partial charge in [0.25, 0.3) is 0 Å². The Hall–Kier alpha value is -2.64. The Kier molecular flexibility index (Phi) is 5.70. The summed E-state index contributed by atoms with van der Waals surface area (Å²) in [5.74, 6) is 1.05. The van der Waals surface area contributed by atoms with Gasteiger partial charge in [0, 0.05) is 6.54 Å². The maximum Gasteiger partial charge on any atom is 0.344 e. The van der Waals surface area contributed by atoms with E-state index in [0.29, 0.717) is 23.9 Å². The summed E-state index contributed by atoms with van der Waals surface area (Å²) in [6.45, 7) is 2.49. The second kappa shape index (κ2) is 7.96. The molecule has 0 atom stereocenters. The molecule has 1 aromatic heterocycles. The number of hydrogen-bond donors (Lipinski definition) is 0. The number of benzene rings is 1. The summed E-state index contributed by atoms with van der Waals surface area (Å²) in [5, 5.41) is 11.2. The molecule has 0 bridgehead atoms. The molecule has 1 heterocycles. The van der Waals surface area contributed by atoms with Gasteiger partial charge in [-0.3, -0.25) is 0 Å². The van der Waals surface area contributed by atoms with Crippen LogP contribution in [0.1, 0.15) is 19.2 Å². The van der Waals surface area contributed by atoms with Crippen LogP contribution in [0.25, 0.3) is 0 Å². The molecule has 2 aromatic rings. The first-order valence-corrected chi connectivity index (χ1v) is 6.91. The molecule has 0 saturated carbocycles. The number of rotatable bonds is 8. The summed E-state index contributed by atoms with van der Waals surface area (Å²) < 4.78 is 17.2. The number of tetrazole rings is 1. The first kappa shape index (κ1) is 15.7. The monoisotopic (exact) mass is 306 g/mol. The molecule has 0 aliphatic rings. The van der Waals surface area contributed by atoms with E-state index >= 15 is 0 Å². The molecule has 118 valence electrons. The topological polar surface area (TPSA) is 88.4 Å². The van der Waals surface area contributed by atoms with E-state index in [2.05, 4.69) is 15.5 Å². The lowest BCUT2D eigenvalue weighted by Gasteiger charge is -2.10. The molecule has 0 amide bonds. The fraction of sp³-hybridized carbons (Fsp3) is 0.429. The number of carbonyl (C=O) groups is 1.